The third kappa shape index (κ3) is 5.94. The summed E-state index contributed by atoms with van der Waals surface area (Å²) in [6.45, 7) is -0.103. The first-order valence-corrected chi connectivity index (χ1v) is 9.46. The Labute approximate surface area is 170 Å². The van der Waals surface area contributed by atoms with Gasteiger partial charge in [0.15, 0.2) is 0 Å². The van der Waals surface area contributed by atoms with Crippen LogP contribution in [0.4, 0.5) is 0 Å². The minimum Gasteiger partial charge on any atom is -0.497 e. The minimum atomic E-state index is -0.321. The molecule has 5 heteroatoms. The number of benzene rings is 3. The van der Waals surface area contributed by atoms with Crippen molar-refractivity contribution in [2.45, 2.75) is 12.5 Å². The molecule has 0 radical (unpaired) electrons. The molecule has 0 saturated carbocycles. The molecule has 0 fully saturated rings. The van der Waals surface area contributed by atoms with E-state index in [4.69, 9.17) is 4.74 Å². The molecule has 148 valence electrons. The predicted molar refractivity (Wildman–Crippen MR) is 113 cm³/mol. The zero-order chi connectivity index (χ0) is 20.5. The number of hydrogen-bond donors (Lipinski definition) is 2. The third-order valence-corrected chi connectivity index (χ3v) is 4.56. The molecule has 0 aliphatic heterocycles. The second-order valence-corrected chi connectivity index (χ2v) is 6.64. The lowest BCUT2D eigenvalue weighted by Gasteiger charge is -2.20. The maximum atomic E-state index is 12.5. The van der Waals surface area contributed by atoms with Crippen molar-refractivity contribution < 1.29 is 14.3 Å². The summed E-state index contributed by atoms with van der Waals surface area (Å²) in [5, 5.41) is 5.70. The lowest BCUT2D eigenvalue weighted by molar-refractivity contribution is -0.120. The smallest absolute Gasteiger partial charge is 0.251 e. The van der Waals surface area contributed by atoms with E-state index in [0.29, 0.717) is 17.7 Å². The van der Waals surface area contributed by atoms with Crippen LogP contribution in [0.15, 0.2) is 84.9 Å². The quantitative estimate of drug-likeness (QED) is 0.620. The number of hydrogen-bond acceptors (Lipinski definition) is 3. The highest BCUT2D eigenvalue weighted by molar-refractivity contribution is 5.96. The second-order valence-electron chi connectivity index (χ2n) is 6.64. The number of carbonyl (C=O) groups excluding carboxylic acids is 2. The number of methoxy groups -OCH3 is 1. The van der Waals surface area contributed by atoms with Gasteiger partial charge in [-0.15, -0.1) is 0 Å². The Bertz CT molecular complexity index is 943. The maximum Gasteiger partial charge on any atom is 0.251 e. The first-order valence-electron chi connectivity index (χ1n) is 9.46. The van der Waals surface area contributed by atoms with Crippen LogP contribution in [0.5, 0.6) is 5.75 Å². The first kappa shape index (κ1) is 20.1. The third-order valence-electron chi connectivity index (χ3n) is 4.56. The molecule has 0 saturated heterocycles. The van der Waals surface area contributed by atoms with E-state index in [-0.39, 0.29) is 24.4 Å². The summed E-state index contributed by atoms with van der Waals surface area (Å²) in [4.78, 5) is 24.8. The van der Waals surface area contributed by atoms with Gasteiger partial charge in [-0.25, -0.2) is 0 Å². The molecule has 29 heavy (non-hydrogen) atoms. The van der Waals surface area contributed by atoms with Crippen molar-refractivity contribution in [3.63, 3.8) is 0 Å². The van der Waals surface area contributed by atoms with Crippen molar-refractivity contribution in [1.82, 2.24) is 10.6 Å². The summed E-state index contributed by atoms with van der Waals surface area (Å²) in [5.41, 5.74) is 2.59. The Kier molecular flexibility index (Phi) is 7.00. The molecular weight excluding hydrogens is 364 g/mol. The standard InChI is InChI=1S/C24H24N2O3/c1-29-21-14-8-13-20(16-21)24(28)25-17-23(27)26-22(19-11-6-3-7-12-19)15-18-9-4-2-5-10-18/h2-14,16,22H,15,17H2,1H3,(H,25,28)(H,26,27)/t22-/m1/s1. The molecule has 2 amide bonds. The molecule has 3 rings (SSSR count). The predicted octanol–water partition coefficient (Wildman–Crippen LogP) is 3.53. The number of ether oxygens (including phenoxy) is 1. The average molecular weight is 388 g/mol. The van der Waals surface area contributed by atoms with Crippen LogP contribution >= 0.6 is 0 Å². The molecule has 5 nitrogen and oxygen atoms in total. The summed E-state index contributed by atoms with van der Waals surface area (Å²) in [6, 6.07) is 26.4. The van der Waals surface area contributed by atoms with Gasteiger partial charge < -0.3 is 15.4 Å². The molecule has 1 atom stereocenters. The summed E-state index contributed by atoms with van der Waals surface area (Å²) < 4.78 is 5.13. The van der Waals surface area contributed by atoms with E-state index in [9.17, 15) is 9.59 Å². The lowest BCUT2D eigenvalue weighted by atomic mass is 9.99. The Morgan fingerprint density at radius 2 is 1.59 bits per heavy atom. The minimum absolute atomic E-state index is 0.103. The van der Waals surface area contributed by atoms with E-state index in [1.807, 2.05) is 60.7 Å². The van der Waals surface area contributed by atoms with Gasteiger partial charge in [0, 0.05) is 5.56 Å². The highest BCUT2D eigenvalue weighted by atomic mass is 16.5. The van der Waals surface area contributed by atoms with Gasteiger partial charge in [0.2, 0.25) is 5.91 Å². The highest BCUT2D eigenvalue weighted by Crippen LogP contribution is 2.18. The summed E-state index contributed by atoms with van der Waals surface area (Å²) in [5.74, 6) is 0.0264. The topological polar surface area (TPSA) is 67.4 Å². The van der Waals surface area contributed by atoms with Gasteiger partial charge in [0.25, 0.3) is 5.91 Å². The number of rotatable bonds is 8. The van der Waals surface area contributed by atoms with Crippen LogP contribution in [-0.2, 0) is 11.2 Å². The van der Waals surface area contributed by atoms with Crippen LogP contribution in [0.2, 0.25) is 0 Å². The van der Waals surface area contributed by atoms with Crippen molar-refractivity contribution in [3.8, 4) is 5.75 Å². The zero-order valence-electron chi connectivity index (χ0n) is 16.3. The fourth-order valence-corrected chi connectivity index (χ4v) is 3.06. The Hall–Kier alpha value is -3.60. The molecule has 0 aromatic heterocycles. The molecule has 0 heterocycles. The Morgan fingerprint density at radius 1 is 0.897 bits per heavy atom. The van der Waals surface area contributed by atoms with Gasteiger partial charge in [-0.1, -0.05) is 66.7 Å². The molecule has 2 N–H and O–H groups in total. The van der Waals surface area contributed by atoms with Crippen LogP contribution in [-0.4, -0.2) is 25.5 Å². The van der Waals surface area contributed by atoms with E-state index in [0.717, 1.165) is 11.1 Å². The van der Waals surface area contributed by atoms with Gasteiger partial charge in [-0.05, 0) is 35.7 Å². The van der Waals surface area contributed by atoms with E-state index >= 15 is 0 Å². The molecular formula is C24H24N2O3. The largest absolute Gasteiger partial charge is 0.497 e. The van der Waals surface area contributed by atoms with Crippen LogP contribution in [0.3, 0.4) is 0 Å². The molecule has 3 aromatic carbocycles. The van der Waals surface area contributed by atoms with Gasteiger partial charge in [0.1, 0.15) is 5.75 Å². The van der Waals surface area contributed by atoms with Crippen LogP contribution in [0, 0.1) is 0 Å². The van der Waals surface area contributed by atoms with Gasteiger partial charge in [-0.2, -0.15) is 0 Å². The first-order chi connectivity index (χ1) is 14.2. The molecule has 0 aliphatic carbocycles. The molecule has 0 bridgehead atoms. The zero-order valence-corrected chi connectivity index (χ0v) is 16.3. The fraction of sp³-hybridized carbons (Fsp3) is 0.167. The number of nitrogens with one attached hydrogen (secondary N) is 2. The monoisotopic (exact) mass is 388 g/mol. The van der Waals surface area contributed by atoms with Gasteiger partial charge in [-0.3, -0.25) is 9.59 Å². The van der Waals surface area contributed by atoms with E-state index in [1.165, 1.54) is 0 Å². The van der Waals surface area contributed by atoms with Crippen LogP contribution in [0.1, 0.15) is 27.5 Å². The fourth-order valence-electron chi connectivity index (χ4n) is 3.06. The summed E-state index contributed by atoms with van der Waals surface area (Å²) in [6.07, 6.45) is 0.667. The molecule has 0 unspecified atom stereocenters. The van der Waals surface area contributed by atoms with Crippen molar-refractivity contribution in [2.75, 3.05) is 13.7 Å². The SMILES string of the molecule is COc1cccc(C(=O)NCC(=O)N[C@H](Cc2ccccc2)c2ccccc2)c1. The number of carbonyl (C=O) groups is 2. The van der Waals surface area contributed by atoms with Gasteiger partial charge in [0.05, 0.1) is 19.7 Å². The van der Waals surface area contributed by atoms with Crippen LogP contribution < -0.4 is 15.4 Å². The van der Waals surface area contributed by atoms with Crippen molar-refractivity contribution >= 4 is 11.8 Å². The van der Waals surface area contributed by atoms with E-state index in [1.54, 1.807) is 31.4 Å². The van der Waals surface area contributed by atoms with Crippen LogP contribution in [0.25, 0.3) is 0 Å². The van der Waals surface area contributed by atoms with Crippen molar-refractivity contribution in [2.24, 2.45) is 0 Å². The molecule has 0 spiro atoms. The Balaban J connectivity index is 1.62. The highest BCUT2D eigenvalue weighted by Gasteiger charge is 2.16. The van der Waals surface area contributed by atoms with E-state index in [2.05, 4.69) is 10.6 Å². The lowest BCUT2D eigenvalue weighted by Crippen LogP contribution is -2.39. The van der Waals surface area contributed by atoms with Crippen molar-refractivity contribution in [1.29, 1.82) is 0 Å². The second kappa shape index (κ2) is 10.1. The number of amides is 2. The molecule has 0 aliphatic rings. The van der Waals surface area contributed by atoms with Gasteiger partial charge >= 0.3 is 0 Å². The normalized spacial score (nSPS) is 11.3. The summed E-state index contributed by atoms with van der Waals surface area (Å²) >= 11 is 0. The molecule has 3 aromatic rings. The maximum absolute atomic E-state index is 12.5. The van der Waals surface area contributed by atoms with Crippen molar-refractivity contribution in [3.05, 3.63) is 102 Å². The average Bonchev–Trinajstić information content (AvgIpc) is 2.78. The van der Waals surface area contributed by atoms with E-state index < -0.39 is 0 Å². The summed E-state index contributed by atoms with van der Waals surface area (Å²) in [7, 11) is 1.54. The Morgan fingerprint density at radius 3 is 2.28 bits per heavy atom.